The van der Waals surface area contributed by atoms with Crippen LogP contribution in [-0.4, -0.2) is 11.2 Å². The number of rotatable bonds is 5. The number of hydrogen-bond acceptors (Lipinski definition) is 4. The Balaban J connectivity index is 1.90. The van der Waals surface area contributed by atoms with Gasteiger partial charge in [0.25, 0.3) is 0 Å². The Labute approximate surface area is 130 Å². The molecule has 0 aliphatic rings. The normalized spacial score (nSPS) is 12.1. The van der Waals surface area contributed by atoms with Crippen LogP contribution in [0.1, 0.15) is 12.7 Å². The highest BCUT2D eigenvalue weighted by Crippen LogP contribution is 2.32. The van der Waals surface area contributed by atoms with E-state index in [0.29, 0.717) is 12.2 Å². The van der Waals surface area contributed by atoms with Gasteiger partial charge in [-0.25, -0.2) is 0 Å². The van der Waals surface area contributed by atoms with Gasteiger partial charge in [0.1, 0.15) is 5.76 Å². The number of furan rings is 1. The summed E-state index contributed by atoms with van der Waals surface area (Å²) in [5.41, 5.74) is 6.38. The summed E-state index contributed by atoms with van der Waals surface area (Å²) in [6.07, 6.45) is 1.59. The van der Waals surface area contributed by atoms with Gasteiger partial charge in [0.15, 0.2) is 0 Å². The highest BCUT2D eigenvalue weighted by Gasteiger charge is 2.15. The average molecular weight is 355 g/mol. The number of halogens is 1. The van der Waals surface area contributed by atoms with Crippen molar-refractivity contribution in [2.75, 3.05) is 5.73 Å². The lowest BCUT2D eigenvalue weighted by Gasteiger charge is -2.12. The van der Waals surface area contributed by atoms with Crippen LogP contribution in [0.2, 0.25) is 0 Å². The van der Waals surface area contributed by atoms with Crippen LogP contribution in [0.3, 0.4) is 0 Å². The van der Waals surface area contributed by atoms with Gasteiger partial charge in [-0.05, 0) is 53.2 Å². The number of amides is 1. The van der Waals surface area contributed by atoms with Crippen molar-refractivity contribution in [1.29, 1.82) is 0 Å². The topological polar surface area (TPSA) is 68.3 Å². The first-order chi connectivity index (χ1) is 9.56. The Morgan fingerprint density at radius 3 is 2.95 bits per heavy atom. The van der Waals surface area contributed by atoms with Gasteiger partial charge >= 0.3 is 0 Å². The fraction of sp³-hybridized carbons (Fsp3) is 0.214. The van der Waals surface area contributed by atoms with Gasteiger partial charge in [-0.15, -0.1) is 11.8 Å². The van der Waals surface area contributed by atoms with E-state index in [2.05, 4.69) is 21.2 Å². The lowest BCUT2D eigenvalue weighted by atomic mass is 10.3. The quantitative estimate of drug-likeness (QED) is 0.637. The molecule has 4 nitrogen and oxygen atoms in total. The molecular formula is C14H15BrN2O2S. The van der Waals surface area contributed by atoms with Crippen molar-refractivity contribution in [2.45, 2.75) is 23.6 Å². The van der Waals surface area contributed by atoms with E-state index in [0.717, 1.165) is 15.1 Å². The first kappa shape index (κ1) is 15.0. The zero-order chi connectivity index (χ0) is 14.5. The molecule has 20 heavy (non-hydrogen) atoms. The monoisotopic (exact) mass is 354 g/mol. The summed E-state index contributed by atoms with van der Waals surface area (Å²) in [7, 11) is 0. The standard InChI is InChI=1S/C14H15BrN2O2S/c1-9(14(18)17-8-11-3-2-6-19-11)20-13-5-4-10(16)7-12(13)15/h2-7,9H,8,16H2,1H3,(H,17,18). The van der Waals surface area contributed by atoms with Gasteiger partial charge in [0.05, 0.1) is 18.1 Å². The summed E-state index contributed by atoms with van der Waals surface area (Å²) in [5, 5.41) is 2.64. The summed E-state index contributed by atoms with van der Waals surface area (Å²) < 4.78 is 6.07. The van der Waals surface area contributed by atoms with Crippen molar-refractivity contribution in [3.05, 3.63) is 46.8 Å². The molecule has 1 atom stereocenters. The second-order valence-electron chi connectivity index (χ2n) is 4.25. The summed E-state index contributed by atoms with van der Waals surface area (Å²) in [4.78, 5) is 13.0. The number of anilines is 1. The second-order valence-corrected chi connectivity index (χ2v) is 6.48. The van der Waals surface area contributed by atoms with E-state index in [4.69, 9.17) is 10.2 Å². The van der Waals surface area contributed by atoms with Gasteiger partial charge in [0, 0.05) is 15.1 Å². The van der Waals surface area contributed by atoms with E-state index in [9.17, 15) is 4.79 Å². The minimum absolute atomic E-state index is 0.0323. The number of thioether (sulfide) groups is 1. The molecule has 1 aromatic heterocycles. The first-order valence-electron chi connectivity index (χ1n) is 6.08. The van der Waals surface area contributed by atoms with Crippen LogP contribution in [0.5, 0.6) is 0 Å². The van der Waals surface area contributed by atoms with Crippen LogP contribution < -0.4 is 11.1 Å². The molecule has 0 aliphatic heterocycles. The van der Waals surface area contributed by atoms with E-state index in [1.54, 1.807) is 12.3 Å². The van der Waals surface area contributed by atoms with Crippen LogP contribution in [0.25, 0.3) is 0 Å². The van der Waals surface area contributed by atoms with Crippen molar-refractivity contribution in [2.24, 2.45) is 0 Å². The second kappa shape index (κ2) is 6.85. The molecule has 6 heteroatoms. The number of nitrogens with one attached hydrogen (secondary N) is 1. The minimum Gasteiger partial charge on any atom is -0.467 e. The van der Waals surface area contributed by atoms with Crippen molar-refractivity contribution >= 4 is 39.3 Å². The minimum atomic E-state index is -0.204. The first-order valence-corrected chi connectivity index (χ1v) is 7.75. The van der Waals surface area contributed by atoms with Crippen LogP contribution in [-0.2, 0) is 11.3 Å². The molecule has 0 spiro atoms. The third-order valence-electron chi connectivity index (χ3n) is 2.65. The average Bonchev–Trinajstić information content (AvgIpc) is 2.92. The number of hydrogen-bond donors (Lipinski definition) is 2. The van der Waals surface area contributed by atoms with Gasteiger partial charge in [-0.2, -0.15) is 0 Å². The van der Waals surface area contributed by atoms with Gasteiger partial charge in [0.2, 0.25) is 5.91 Å². The smallest absolute Gasteiger partial charge is 0.233 e. The summed E-state index contributed by atoms with van der Waals surface area (Å²) in [6, 6.07) is 9.18. The number of carbonyl (C=O) groups excluding carboxylic acids is 1. The predicted octanol–water partition coefficient (Wildman–Crippen LogP) is 3.42. The highest BCUT2D eigenvalue weighted by molar-refractivity contribution is 9.10. The molecule has 106 valence electrons. The third kappa shape index (κ3) is 4.05. The molecule has 0 saturated heterocycles. The molecular weight excluding hydrogens is 340 g/mol. The van der Waals surface area contributed by atoms with E-state index in [1.807, 2.05) is 31.2 Å². The largest absolute Gasteiger partial charge is 0.467 e. The Bertz CT molecular complexity index is 587. The number of carbonyl (C=O) groups is 1. The maximum Gasteiger partial charge on any atom is 0.233 e. The van der Waals surface area contributed by atoms with Gasteiger partial charge in [-0.3, -0.25) is 4.79 Å². The Morgan fingerprint density at radius 2 is 2.30 bits per heavy atom. The molecule has 1 unspecified atom stereocenters. The lowest BCUT2D eigenvalue weighted by Crippen LogP contribution is -2.30. The molecule has 2 rings (SSSR count). The molecule has 2 aromatic rings. The summed E-state index contributed by atoms with van der Waals surface area (Å²) in [6.45, 7) is 2.27. The third-order valence-corrected chi connectivity index (χ3v) is 4.74. The van der Waals surface area contributed by atoms with Crippen LogP contribution in [0, 0.1) is 0 Å². The molecule has 1 heterocycles. The van der Waals surface area contributed by atoms with Crippen LogP contribution in [0.15, 0.2) is 50.4 Å². The molecule has 1 aromatic carbocycles. The predicted molar refractivity (Wildman–Crippen MR) is 84.4 cm³/mol. The van der Waals surface area contributed by atoms with E-state index in [-0.39, 0.29) is 11.2 Å². The van der Waals surface area contributed by atoms with E-state index >= 15 is 0 Å². The van der Waals surface area contributed by atoms with Crippen molar-refractivity contribution in [3.8, 4) is 0 Å². The van der Waals surface area contributed by atoms with Crippen molar-refractivity contribution in [1.82, 2.24) is 5.32 Å². The number of nitrogen functional groups attached to an aromatic ring is 1. The molecule has 0 saturated carbocycles. The highest BCUT2D eigenvalue weighted by atomic mass is 79.9. The molecule has 3 N–H and O–H groups in total. The van der Waals surface area contributed by atoms with Crippen molar-refractivity contribution < 1.29 is 9.21 Å². The maximum absolute atomic E-state index is 12.0. The fourth-order valence-corrected chi connectivity index (χ4v) is 3.15. The van der Waals surface area contributed by atoms with E-state index < -0.39 is 0 Å². The summed E-state index contributed by atoms with van der Waals surface area (Å²) >= 11 is 4.93. The molecule has 0 radical (unpaired) electrons. The molecule has 0 aliphatic carbocycles. The van der Waals surface area contributed by atoms with Crippen LogP contribution >= 0.6 is 27.7 Å². The number of nitrogens with two attached hydrogens (primary N) is 1. The zero-order valence-electron chi connectivity index (χ0n) is 10.9. The lowest BCUT2D eigenvalue weighted by molar-refractivity contribution is -0.120. The van der Waals surface area contributed by atoms with Crippen LogP contribution in [0.4, 0.5) is 5.69 Å². The van der Waals surface area contributed by atoms with Crippen molar-refractivity contribution in [3.63, 3.8) is 0 Å². The number of benzene rings is 1. The Kier molecular flexibility index (Phi) is 5.14. The fourth-order valence-electron chi connectivity index (χ4n) is 1.59. The van der Waals surface area contributed by atoms with Gasteiger partial charge in [-0.1, -0.05) is 0 Å². The SMILES string of the molecule is CC(Sc1ccc(N)cc1Br)C(=O)NCc1ccco1. The Hall–Kier alpha value is -1.40. The summed E-state index contributed by atoms with van der Waals surface area (Å²) in [5.74, 6) is 0.708. The van der Waals surface area contributed by atoms with Gasteiger partial charge < -0.3 is 15.5 Å². The maximum atomic E-state index is 12.0. The Morgan fingerprint density at radius 1 is 1.50 bits per heavy atom. The molecule has 0 bridgehead atoms. The molecule has 0 fully saturated rings. The van der Waals surface area contributed by atoms with E-state index in [1.165, 1.54) is 11.8 Å². The zero-order valence-corrected chi connectivity index (χ0v) is 13.3. The molecule has 1 amide bonds.